The number of carbonyl (C=O) groups is 1. The fraction of sp³-hybridized carbons (Fsp3) is 0.154. The Bertz CT molecular complexity index is 388. The Balaban J connectivity index is 2.69. The molecule has 0 saturated heterocycles. The number of esters is 1. The number of ether oxygens (including phenoxy) is 1. The van der Waals surface area contributed by atoms with Crippen LogP contribution in [-0.4, -0.2) is 5.97 Å². The zero-order chi connectivity index (χ0) is 11.3. The number of allylic oxidation sites excluding steroid dienone is 1. The Hall–Kier alpha value is -1.83. The van der Waals surface area contributed by atoms with Crippen molar-refractivity contribution in [2.24, 2.45) is 0 Å². The molecule has 0 unspecified atom stereocenters. The molecule has 1 aromatic carbocycles. The molecule has 0 saturated carbocycles. The highest BCUT2D eigenvalue weighted by Gasteiger charge is 2.01. The van der Waals surface area contributed by atoms with Crippen LogP contribution in [0.2, 0.25) is 0 Å². The molecule has 0 bridgehead atoms. The first-order chi connectivity index (χ1) is 7.11. The first-order valence-corrected chi connectivity index (χ1v) is 4.70. The maximum atomic E-state index is 11.1. The fourth-order valence-corrected chi connectivity index (χ4v) is 1.01. The van der Waals surface area contributed by atoms with Crippen LogP contribution >= 0.6 is 0 Å². The van der Waals surface area contributed by atoms with Crippen molar-refractivity contribution >= 4 is 11.5 Å². The molecule has 2 nitrogen and oxygen atoms in total. The number of hydrogen-bond acceptors (Lipinski definition) is 2. The molecule has 0 aliphatic rings. The van der Waals surface area contributed by atoms with Crippen LogP contribution in [0.4, 0.5) is 0 Å². The minimum Gasteiger partial charge on any atom is -0.431 e. The van der Waals surface area contributed by atoms with Crippen LogP contribution in [-0.2, 0) is 9.53 Å². The third-order valence-corrected chi connectivity index (χ3v) is 1.92. The first kappa shape index (κ1) is 11.2. The van der Waals surface area contributed by atoms with Crippen LogP contribution in [0.25, 0.3) is 5.57 Å². The number of hydrogen-bond donors (Lipinski definition) is 0. The molecule has 0 N–H and O–H groups in total. The molecule has 0 radical (unpaired) electrons. The molecule has 78 valence electrons. The topological polar surface area (TPSA) is 26.3 Å². The van der Waals surface area contributed by atoms with Gasteiger partial charge in [0.15, 0.2) is 0 Å². The SMILES string of the molecule is C=C(C)C(=O)OC=C(C)c1ccccc1. The molecule has 0 fully saturated rings. The van der Waals surface area contributed by atoms with Crippen LogP contribution in [0.5, 0.6) is 0 Å². The normalized spacial score (nSPS) is 10.9. The van der Waals surface area contributed by atoms with Gasteiger partial charge in [-0.1, -0.05) is 36.9 Å². The van der Waals surface area contributed by atoms with Crippen LogP contribution in [0.3, 0.4) is 0 Å². The van der Waals surface area contributed by atoms with Crippen molar-refractivity contribution in [1.82, 2.24) is 0 Å². The van der Waals surface area contributed by atoms with Crippen LogP contribution in [0.1, 0.15) is 19.4 Å². The molecular formula is C13H14O2. The van der Waals surface area contributed by atoms with Crippen molar-refractivity contribution in [3.05, 3.63) is 54.3 Å². The molecule has 0 amide bonds. The Labute approximate surface area is 89.9 Å². The number of carbonyl (C=O) groups excluding carboxylic acids is 1. The molecule has 0 aliphatic heterocycles. The fourth-order valence-electron chi connectivity index (χ4n) is 1.01. The summed E-state index contributed by atoms with van der Waals surface area (Å²) in [6.07, 6.45) is 1.45. The van der Waals surface area contributed by atoms with Crippen LogP contribution in [0.15, 0.2) is 48.7 Å². The van der Waals surface area contributed by atoms with Crippen LogP contribution in [0, 0.1) is 0 Å². The molecule has 0 spiro atoms. The molecule has 2 heteroatoms. The highest BCUT2D eigenvalue weighted by molar-refractivity contribution is 5.87. The van der Waals surface area contributed by atoms with E-state index in [9.17, 15) is 4.79 Å². The Morgan fingerprint density at radius 1 is 1.27 bits per heavy atom. The molecule has 1 rings (SSSR count). The van der Waals surface area contributed by atoms with E-state index >= 15 is 0 Å². The highest BCUT2D eigenvalue weighted by atomic mass is 16.5. The van der Waals surface area contributed by atoms with Gasteiger partial charge in [-0.25, -0.2) is 4.79 Å². The Kier molecular flexibility index (Phi) is 3.86. The second-order valence-corrected chi connectivity index (χ2v) is 3.35. The lowest BCUT2D eigenvalue weighted by atomic mass is 10.1. The quantitative estimate of drug-likeness (QED) is 0.427. The predicted molar refractivity (Wildman–Crippen MR) is 61.0 cm³/mol. The van der Waals surface area contributed by atoms with Gasteiger partial charge in [-0.15, -0.1) is 0 Å². The summed E-state index contributed by atoms with van der Waals surface area (Å²) in [6, 6.07) is 9.73. The van der Waals surface area contributed by atoms with E-state index in [0.717, 1.165) is 11.1 Å². The second kappa shape index (κ2) is 5.15. The standard InChI is InChI=1S/C13H14O2/c1-10(2)13(14)15-9-11(3)12-7-5-4-6-8-12/h4-9H,1H2,2-3H3. The lowest BCUT2D eigenvalue weighted by Crippen LogP contribution is -1.99. The lowest BCUT2D eigenvalue weighted by Gasteiger charge is -2.02. The summed E-state index contributed by atoms with van der Waals surface area (Å²) < 4.78 is 4.92. The van der Waals surface area contributed by atoms with Gasteiger partial charge in [0.05, 0.1) is 6.26 Å². The summed E-state index contributed by atoms with van der Waals surface area (Å²) in [5, 5.41) is 0. The summed E-state index contributed by atoms with van der Waals surface area (Å²) in [7, 11) is 0. The average Bonchev–Trinajstić information content (AvgIpc) is 2.26. The minimum atomic E-state index is -0.398. The van der Waals surface area contributed by atoms with E-state index in [0.29, 0.717) is 5.57 Å². The molecular weight excluding hydrogens is 188 g/mol. The lowest BCUT2D eigenvalue weighted by molar-refractivity contribution is -0.133. The van der Waals surface area contributed by atoms with Gasteiger partial charge in [-0.3, -0.25) is 0 Å². The van der Waals surface area contributed by atoms with E-state index in [1.807, 2.05) is 37.3 Å². The summed E-state index contributed by atoms with van der Waals surface area (Å²) in [4.78, 5) is 11.1. The van der Waals surface area contributed by atoms with Gasteiger partial charge in [0.2, 0.25) is 0 Å². The zero-order valence-electron chi connectivity index (χ0n) is 8.99. The van der Waals surface area contributed by atoms with Gasteiger partial charge >= 0.3 is 5.97 Å². The molecule has 0 aliphatic carbocycles. The average molecular weight is 202 g/mol. The molecule has 0 heterocycles. The van der Waals surface area contributed by atoms with E-state index in [2.05, 4.69) is 6.58 Å². The van der Waals surface area contributed by atoms with Gasteiger partial charge in [-0.05, 0) is 25.0 Å². The third-order valence-electron chi connectivity index (χ3n) is 1.92. The molecule has 0 aromatic heterocycles. The Morgan fingerprint density at radius 2 is 1.87 bits per heavy atom. The maximum absolute atomic E-state index is 11.1. The van der Waals surface area contributed by atoms with Gasteiger partial charge < -0.3 is 4.74 Å². The smallest absolute Gasteiger partial charge is 0.337 e. The minimum absolute atomic E-state index is 0.395. The molecule has 0 atom stereocenters. The van der Waals surface area contributed by atoms with Gasteiger partial charge in [-0.2, -0.15) is 0 Å². The largest absolute Gasteiger partial charge is 0.431 e. The van der Waals surface area contributed by atoms with Gasteiger partial charge in [0.25, 0.3) is 0 Å². The number of benzene rings is 1. The monoisotopic (exact) mass is 202 g/mol. The van der Waals surface area contributed by atoms with Crippen molar-refractivity contribution in [3.8, 4) is 0 Å². The molecule has 15 heavy (non-hydrogen) atoms. The Morgan fingerprint density at radius 3 is 2.40 bits per heavy atom. The summed E-state index contributed by atoms with van der Waals surface area (Å²) in [5.74, 6) is -0.398. The van der Waals surface area contributed by atoms with E-state index in [-0.39, 0.29) is 0 Å². The summed E-state index contributed by atoms with van der Waals surface area (Å²) in [6.45, 7) is 7.01. The van der Waals surface area contributed by atoms with Crippen molar-refractivity contribution in [2.45, 2.75) is 13.8 Å². The van der Waals surface area contributed by atoms with Crippen LogP contribution < -0.4 is 0 Å². The van der Waals surface area contributed by atoms with E-state index in [4.69, 9.17) is 4.74 Å². The summed E-state index contributed by atoms with van der Waals surface area (Å²) >= 11 is 0. The van der Waals surface area contributed by atoms with E-state index < -0.39 is 5.97 Å². The molecule has 1 aromatic rings. The van der Waals surface area contributed by atoms with Crippen molar-refractivity contribution in [1.29, 1.82) is 0 Å². The third kappa shape index (κ3) is 3.43. The zero-order valence-corrected chi connectivity index (χ0v) is 8.99. The summed E-state index contributed by atoms with van der Waals surface area (Å²) in [5.41, 5.74) is 2.34. The van der Waals surface area contributed by atoms with E-state index in [1.165, 1.54) is 6.26 Å². The highest BCUT2D eigenvalue weighted by Crippen LogP contribution is 2.12. The van der Waals surface area contributed by atoms with E-state index in [1.54, 1.807) is 6.92 Å². The van der Waals surface area contributed by atoms with Crippen molar-refractivity contribution in [3.63, 3.8) is 0 Å². The van der Waals surface area contributed by atoms with Gasteiger partial charge in [0, 0.05) is 5.57 Å². The van der Waals surface area contributed by atoms with Crippen molar-refractivity contribution in [2.75, 3.05) is 0 Å². The van der Waals surface area contributed by atoms with Crippen molar-refractivity contribution < 1.29 is 9.53 Å². The van der Waals surface area contributed by atoms with Gasteiger partial charge in [0.1, 0.15) is 0 Å². The maximum Gasteiger partial charge on any atom is 0.337 e. The first-order valence-electron chi connectivity index (χ1n) is 4.70. The second-order valence-electron chi connectivity index (χ2n) is 3.35. The number of rotatable bonds is 3. The predicted octanol–water partition coefficient (Wildman–Crippen LogP) is 3.17.